The van der Waals surface area contributed by atoms with Crippen LogP contribution >= 0.6 is 31.9 Å². The van der Waals surface area contributed by atoms with Gasteiger partial charge < -0.3 is 15.0 Å². The molecule has 2 N–H and O–H groups in total. The van der Waals surface area contributed by atoms with Crippen LogP contribution in [0.1, 0.15) is 0 Å². The molecule has 28 heavy (non-hydrogen) atoms. The first kappa shape index (κ1) is 19.8. The van der Waals surface area contributed by atoms with Crippen LogP contribution in [0.4, 0.5) is 5.69 Å². The van der Waals surface area contributed by atoms with Gasteiger partial charge in [-0.25, -0.2) is 0 Å². The molecule has 1 fully saturated rings. The van der Waals surface area contributed by atoms with Gasteiger partial charge in [0.05, 0.1) is 27.6 Å². The lowest BCUT2D eigenvalue weighted by Gasteiger charge is -2.29. The van der Waals surface area contributed by atoms with Crippen LogP contribution in [0.15, 0.2) is 39.3 Å². The molecule has 1 unspecified atom stereocenters. The molecule has 1 saturated heterocycles. The van der Waals surface area contributed by atoms with E-state index in [1.54, 1.807) is 12.1 Å². The summed E-state index contributed by atoms with van der Waals surface area (Å²) in [6, 6.07) is 9.32. The largest absolute Gasteiger partial charge is 0.390 e. The number of β-amino-alcohol motifs (C(OH)–C–C–N with tert-alkyl or cyclic N) is 1. The van der Waals surface area contributed by atoms with Gasteiger partial charge in [0.15, 0.2) is 0 Å². The molecule has 0 radical (unpaired) electrons. The number of hydrogen-bond acceptors (Lipinski definition) is 5. The highest BCUT2D eigenvalue weighted by atomic mass is 79.9. The van der Waals surface area contributed by atoms with Gasteiger partial charge in [-0.2, -0.15) is 0 Å². The molecule has 1 aliphatic heterocycles. The normalized spacial score (nSPS) is 16.7. The number of aromatic nitrogens is 1. The Labute approximate surface area is 178 Å². The van der Waals surface area contributed by atoms with E-state index in [-0.39, 0.29) is 5.69 Å². The standard InChI is InChI=1S/C19H20Br2N4O3/c20-12-1-2-17-14(7-12)15-8-16(21)19(25(27)28)9-18(15)24(17)11-13(26)10-23-5-3-22-4-6-23/h1-2,7-9,13,22,26H,3-6,10-11H2. The number of piperazine rings is 1. The molecule has 1 aromatic heterocycles. The van der Waals surface area contributed by atoms with Gasteiger partial charge in [-0.1, -0.05) is 15.9 Å². The van der Waals surface area contributed by atoms with Crippen LogP contribution in [0.3, 0.4) is 0 Å². The Balaban J connectivity index is 1.78. The molecule has 0 saturated carbocycles. The number of nitrogens with one attached hydrogen (secondary N) is 1. The van der Waals surface area contributed by atoms with Gasteiger partial charge in [-0.3, -0.25) is 15.0 Å². The molecule has 7 nitrogen and oxygen atoms in total. The average Bonchev–Trinajstić information content (AvgIpc) is 2.94. The quantitative estimate of drug-likeness (QED) is 0.404. The van der Waals surface area contributed by atoms with E-state index >= 15 is 0 Å². The Morgan fingerprint density at radius 1 is 1.11 bits per heavy atom. The Hall–Kier alpha value is -1.52. The Kier molecular flexibility index (Phi) is 5.71. The summed E-state index contributed by atoms with van der Waals surface area (Å²) in [6.07, 6.45) is -0.566. The number of nitro groups is 1. The zero-order valence-corrected chi connectivity index (χ0v) is 18.2. The van der Waals surface area contributed by atoms with Crippen molar-refractivity contribution in [3.63, 3.8) is 0 Å². The summed E-state index contributed by atoms with van der Waals surface area (Å²) in [5, 5.41) is 27.4. The summed E-state index contributed by atoms with van der Waals surface area (Å²) in [5.41, 5.74) is 1.72. The van der Waals surface area contributed by atoms with E-state index in [4.69, 9.17) is 0 Å². The lowest BCUT2D eigenvalue weighted by atomic mass is 10.1. The molecule has 148 valence electrons. The van der Waals surface area contributed by atoms with Gasteiger partial charge >= 0.3 is 0 Å². The smallest absolute Gasteiger partial charge is 0.285 e. The topological polar surface area (TPSA) is 83.6 Å². The summed E-state index contributed by atoms with van der Waals surface area (Å²) in [5.74, 6) is 0. The number of nitro benzene ring substituents is 1. The van der Waals surface area contributed by atoms with Crippen molar-refractivity contribution in [2.45, 2.75) is 12.6 Å². The fourth-order valence-corrected chi connectivity index (χ4v) is 4.73. The average molecular weight is 512 g/mol. The van der Waals surface area contributed by atoms with Gasteiger partial charge in [-0.15, -0.1) is 0 Å². The number of aliphatic hydroxyl groups excluding tert-OH is 1. The SMILES string of the molecule is O=[N+]([O-])c1cc2c(cc1Br)c1cc(Br)ccc1n2CC(O)CN1CCNCC1. The first-order chi connectivity index (χ1) is 13.4. The van der Waals surface area contributed by atoms with E-state index in [0.717, 1.165) is 52.5 Å². The highest BCUT2D eigenvalue weighted by molar-refractivity contribution is 9.10. The molecular formula is C19H20Br2N4O3. The maximum Gasteiger partial charge on any atom is 0.285 e. The fraction of sp³-hybridized carbons (Fsp3) is 0.368. The number of aliphatic hydroxyl groups is 1. The summed E-state index contributed by atoms with van der Waals surface area (Å²) in [4.78, 5) is 13.3. The molecule has 3 aromatic rings. The van der Waals surface area contributed by atoms with Crippen molar-refractivity contribution in [3.8, 4) is 0 Å². The minimum Gasteiger partial charge on any atom is -0.390 e. The van der Waals surface area contributed by atoms with Gasteiger partial charge in [0.1, 0.15) is 0 Å². The van der Waals surface area contributed by atoms with Crippen LogP contribution in [-0.2, 0) is 6.54 Å². The van der Waals surface area contributed by atoms with Gasteiger partial charge in [0.25, 0.3) is 5.69 Å². The molecule has 0 amide bonds. The van der Waals surface area contributed by atoms with Crippen molar-refractivity contribution in [1.29, 1.82) is 0 Å². The third-order valence-corrected chi connectivity index (χ3v) is 6.29. The van der Waals surface area contributed by atoms with E-state index in [1.807, 2.05) is 22.8 Å². The van der Waals surface area contributed by atoms with Crippen molar-refractivity contribution >= 4 is 59.4 Å². The van der Waals surface area contributed by atoms with Gasteiger partial charge in [-0.05, 0) is 40.2 Å². The molecular weight excluding hydrogens is 492 g/mol. The minimum absolute atomic E-state index is 0.0206. The summed E-state index contributed by atoms with van der Waals surface area (Å²) in [7, 11) is 0. The lowest BCUT2D eigenvalue weighted by molar-refractivity contribution is -0.385. The molecule has 2 aromatic carbocycles. The second kappa shape index (κ2) is 8.08. The van der Waals surface area contributed by atoms with Crippen molar-refractivity contribution in [2.24, 2.45) is 0 Å². The van der Waals surface area contributed by atoms with Crippen LogP contribution in [-0.4, -0.2) is 58.3 Å². The van der Waals surface area contributed by atoms with Crippen molar-refractivity contribution in [2.75, 3.05) is 32.7 Å². The summed E-state index contributed by atoms with van der Waals surface area (Å²) < 4.78 is 3.38. The molecule has 0 bridgehead atoms. The fourth-order valence-electron chi connectivity index (χ4n) is 3.88. The van der Waals surface area contributed by atoms with Crippen LogP contribution < -0.4 is 5.32 Å². The first-order valence-electron chi connectivity index (χ1n) is 9.10. The van der Waals surface area contributed by atoms with Gasteiger partial charge in [0.2, 0.25) is 0 Å². The highest BCUT2D eigenvalue weighted by Crippen LogP contribution is 2.37. The Morgan fingerprint density at radius 3 is 2.54 bits per heavy atom. The van der Waals surface area contributed by atoms with Crippen LogP contribution in [0.5, 0.6) is 0 Å². The Morgan fingerprint density at radius 2 is 1.82 bits per heavy atom. The van der Waals surface area contributed by atoms with Crippen molar-refractivity contribution in [3.05, 3.63) is 49.4 Å². The Bertz CT molecular complexity index is 1050. The predicted molar refractivity (Wildman–Crippen MR) is 117 cm³/mol. The summed E-state index contributed by atoms with van der Waals surface area (Å²) >= 11 is 6.83. The molecule has 0 spiro atoms. The maximum atomic E-state index is 11.4. The third kappa shape index (κ3) is 3.81. The van der Waals surface area contributed by atoms with Gasteiger partial charge in [0, 0.05) is 59.6 Å². The third-order valence-electron chi connectivity index (χ3n) is 5.16. The van der Waals surface area contributed by atoms with Crippen molar-refractivity contribution < 1.29 is 10.0 Å². The predicted octanol–water partition coefficient (Wildman–Crippen LogP) is 3.49. The number of benzene rings is 2. The first-order valence-corrected chi connectivity index (χ1v) is 10.7. The van der Waals surface area contributed by atoms with E-state index in [9.17, 15) is 15.2 Å². The molecule has 0 aliphatic carbocycles. The van der Waals surface area contributed by atoms with E-state index < -0.39 is 11.0 Å². The molecule has 1 aliphatic rings. The number of nitrogens with zero attached hydrogens (tertiary/aromatic N) is 3. The second-order valence-electron chi connectivity index (χ2n) is 7.05. The number of fused-ring (bicyclic) bond motifs is 3. The zero-order valence-electron chi connectivity index (χ0n) is 15.1. The summed E-state index contributed by atoms with van der Waals surface area (Å²) in [6.45, 7) is 4.64. The molecule has 2 heterocycles. The molecule has 9 heteroatoms. The van der Waals surface area contributed by atoms with Crippen LogP contribution in [0, 0.1) is 10.1 Å². The number of rotatable bonds is 5. The number of hydrogen-bond donors (Lipinski definition) is 2. The maximum absolute atomic E-state index is 11.4. The highest BCUT2D eigenvalue weighted by Gasteiger charge is 2.21. The van der Waals surface area contributed by atoms with E-state index in [1.165, 1.54) is 0 Å². The number of halogens is 2. The monoisotopic (exact) mass is 510 g/mol. The molecule has 4 rings (SSSR count). The van der Waals surface area contributed by atoms with Crippen LogP contribution in [0.2, 0.25) is 0 Å². The van der Waals surface area contributed by atoms with E-state index in [0.29, 0.717) is 17.6 Å². The lowest BCUT2D eigenvalue weighted by Crippen LogP contribution is -2.46. The van der Waals surface area contributed by atoms with Crippen molar-refractivity contribution in [1.82, 2.24) is 14.8 Å². The molecule has 1 atom stereocenters. The van der Waals surface area contributed by atoms with E-state index in [2.05, 4.69) is 42.1 Å². The minimum atomic E-state index is -0.566. The zero-order chi connectivity index (χ0) is 19.8. The second-order valence-corrected chi connectivity index (χ2v) is 8.82. The van der Waals surface area contributed by atoms with Crippen LogP contribution in [0.25, 0.3) is 21.8 Å².